The number of nitrogens with one attached hydrogen (secondary N) is 1. The minimum absolute atomic E-state index is 0.182. The van der Waals surface area contributed by atoms with Crippen LogP contribution in [0, 0.1) is 5.92 Å². The first-order chi connectivity index (χ1) is 9.81. The minimum atomic E-state index is 0.182. The summed E-state index contributed by atoms with van der Waals surface area (Å²) in [7, 11) is 0. The number of carbonyl (C=O) groups excluding carboxylic acids is 1. The van der Waals surface area contributed by atoms with Crippen molar-refractivity contribution >= 4 is 5.91 Å². The lowest BCUT2D eigenvalue weighted by Crippen LogP contribution is -2.46. The first kappa shape index (κ1) is 14.3. The molecule has 114 valence electrons. The zero-order valence-electron chi connectivity index (χ0n) is 12.5. The van der Waals surface area contributed by atoms with Crippen molar-refractivity contribution in [3.63, 3.8) is 0 Å². The third kappa shape index (κ3) is 4.19. The highest BCUT2D eigenvalue weighted by atomic mass is 16.5. The maximum Gasteiger partial charge on any atom is 0.225 e. The number of nitrogens with zero attached hydrogens (tertiary/aromatic N) is 1. The molecule has 4 nitrogen and oxygen atoms in total. The van der Waals surface area contributed by atoms with Gasteiger partial charge < -0.3 is 15.0 Å². The topological polar surface area (TPSA) is 41.6 Å². The molecule has 2 aliphatic heterocycles. The highest BCUT2D eigenvalue weighted by molar-refractivity contribution is 5.76. The number of hydrogen-bond acceptors (Lipinski definition) is 3. The molecule has 0 bridgehead atoms. The Morgan fingerprint density at radius 3 is 2.55 bits per heavy atom. The molecular weight excluding hydrogens is 252 g/mol. The van der Waals surface area contributed by atoms with E-state index in [2.05, 4.69) is 5.32 Å². The Labute approximate surface area is 122 Å². The maximum absolute atomic E-state index is 12.3. The number of hydrogen-bond donors (Lipinski definition) is 1. The van der Waals surface area contributed by atoms with Gasteiger partial charge in [-0.2, -0.15) is 0 Å². The van der Waals surface area contributed by atoms with Gasteiger partial charge in [-0.1, -0.05) is 0 Å². The van der Waals surface area contributed by atoms with Crippen molar-refractivity contribution in [3.8, 4) is 0 Å². The van der Waals surface area contributed by atoms with Gasteiger partial charge >= 0.3 is 0 Å². The number of carbonyl (C=O) groups is 1. The van der Waals surface area contributed by atoms with Crippen LogP contribution in [0.2, 0.25) is 0 Å². The molecule has 1 amide bonds. The van der Waals surface area contributed by atoms with Gasteiger partial charge in [0.15, 0.2) is 0 Å². The largest absolute Gasteiger partial charge is 0.378 e. The average molecular weight is 280 g/mol. The van der Waals surface area contributed by atoms with E-state index in [9.17, 15) is 4.79 Å². The molecule has 2 heterocycles. The molecule has 0 aromatic carbocycles. The van der Waals surface area contributed by atoms with E-state index in [1.807, 2.05) is 4.90 Å². The van der Waals surface area contributed by atoms with Gasteiger partial charge in [-0.3, -0.25) is 4.79 Å². The van der Waals surface area contributed by atoms with E-state index >= 15 is 0 Å². The Morgan fingerprint density at radius 2 is 1.90 bits per heavy atom. The summed E-state index contributed by atoms with van der Waals surface area (Å²) in [6, 6.07) is 0.630. The first-order valence-electron chi connectivity index (χ1n) is 8.44. The number of ether oxygens (including phenoxy) is 1. The predicted octanol–water partition coefficient (Wildman–Crippen LogP) is 1.94. The van der Waals surface area contributed by atoms with Gasteiger partial charge in [-0.25, -0.2) is 0 Å². The summed E-state index contributed by atoms with van der Waals surface area (Å²) in [6.07, 6.45) is 9.26. The van der Waals surface area contributed by atoms with Crippen LogP contribution in [0.3, 0.4) is 0 Å². The van der Waals surface area contributed by atoms with Gasteiger partial charge in [0.25, 0.3) is 0 Å². The lowest BCUT2D eigenvalue weighted by atomic mass is 10.0. The molecule has 1 saturated carbocycles. The molecule has 0 aromatic heterocycles. The molecule has 0 aromatic rings. The van der Waals surface area contributed by atoms with Gasteiger partial charge in [-0.05, 0) is 57.4 Å². The second kappa shape index (κ2) is 6.90. The third-order valence-electron chi connectivity index (χ3n) is 4.92. The van der Waals surface area contributed by atoms with Crippen LogP contribution >= 0.6 is 0 Å². The fourth-order valence-electron chi connectivity index (χ4n) is 3.28. The van der Waals surface area contributed by atoms with E-state index in [4.69, 9.17) is 4.74 Å². The highest BCUT2D eigenvalue weighted by Crippen LogP contribution is 2.28. The molecule has 1 N–H and O–H groups in total. The first-order valence-corrected chi connectivity index (χ1v) is 8.44. The van der Waals surface area contributed by atoms with Gasteiger partial charge in [0.1, 0.15) is 0 Å². The summed E-state index contributed by atoms with van der Waals surface area (Å²) in [5.41, 5.74) is 0. The van der Waals surface area contributed by atoms with Crippen molar-refractivity contribution in [1.82, 2.24) is 10.2 Å². The van der Waals surface area contributed by atoms with Crippen molar-refractivity contribution in [1.29, 1.82) is 0 Å². The fourth-order valence-corrected chi connectivity index (χ4v) is 3.28. The summed E-state index contributed by atoms with van der Waals surface area (Å²) in [6.45, 7) is 3.88. The third-order valence-corrected chi connectivity index (χ3v) is 4.92. The van der Waals surface area contributed by atoms with E-state index in [1.54, 1.807) is 0 Å². The Hall–Kier alpha value is -0.610. The quantitative estimate of drug-likeness (QED) is 0.837. The van der Waals surface area contributed by atoms with Crippen LogP contribution in [0.4, 0.5) is 0 Å². The lowest BCUT2D eigenvalue weighted by Gasteiger charge is -2.34. The van der Waals surface area contributed by atoms with E-state index in [-0.39, 0.29) is 6.10 Å². The Morgan fingerprint density at radius 1 is 1.10 bits per heavy atom. The van der Waals surface area contributed by atoms with Gasteiger partial charge in [0.05, 0.1) is 12.5 Å². The highest BCUT2D eigenvalue weighted by Gasteiger charge is 2.27. The zero-order valence-corrected chi connectivity index (χ0v) is 12.5. The smallest absolute Gasteiger partial charge is 0.225 e. The molecular formula is C16H28N2O2. The van der Waals surface area contributed by atoms with E-state index in [1.165, 1.54) is 25.8 Å². The van der Waals surface area contributed by atoms with E-state index in [0.717, 1.165) is 51.3 Å². The molecule has 1 aliphatic carbocycles. The SMILES string of the molecule is O=C(CC1CCCCO1)N1CCC(NCC2CC2)CC1. The standard InChI is InChI=1S/C16H28N2O2/c19-16(11-15-3-1-2-10-20-15)18-8-6-14(7-9-18)17-12-13-4-5-13/h13-15,17H,1-12H2. The van der Waals surface area contributed by atoms with Crippen LogP contribution in [-0.4, -0.2) is 49.2 Å². The summed E-state index contributed by atoms with van der Waals surface area (Å²) < 4.78 is 5.67. The molecule has 0 spiro atoms. The van der Waals surface area contributed by atoms with Crippen LogP contribution in [0.5, 0.6) is 0 Å². The number of rotatable bonds is 5. The Bertz CT molecular complexity index is 316. The van der Waals surface area contributed by atoms with Crippen molar-refractivity contribution in [3.05, 3.63) is 0 Å². The van der Waals surface area contributed by atoms with Crippen molar-refractivity contribution in [2.45, 2.75) is 63.5 Å². The molecule has 3 aliphatic rings. The zero-order chi connectivity index (χ0) is 13.8. The Kier molecular flexibility index (Phi) is 4.94. The van der Waals surface area contributed by atoms with Crippen molar-refractivity contribution < 1.29 is 9.53 Å². The summed E-state index contributed by atoms with van der Waals surface area (Å²) in [5.74, 6) is 1.25. The number of amides is 1. The van der Waals surface area contributed by atoms with Crippen LogP contribution in [0.15, 0.2) is 0 Å². The molecule has 3 fully saturated rings. The molecule has 3 rings (SSSR count). The van der Waals surface area contributed by atoms with Crippen LogP contribution < -0.4 is 5.32 Å². The molecule has 2 saturated heterocycles. The minimum Gasteiger partial charge on any atom is -0.378 e. The van der Waals surface area contributed by atoms with Crippen LogP contribution in [0.25, 0.3) is 0 Å². The van der Waals surface area contributed by atoms with Crippen LogP contribution in [-0.2, 0) is 9.53 Å². The van der Waals surface area contributed by atoms with Gasteiger partial charge in [0, 0.05) is 25.7 Å². The summed E-state index contributed by atoms with van der Waals surface area (Å²) in [4.78, 5) is 14.3. The lowest BCUT2D eigenvalue weighted by molar-refractivity contribution is -0.136. The number of piperidine rings is 1. The molecule has 4 heteroatoms. The van der Waals surface area contributed by atoms with E-state index < -0.39 is 0 Å². The molecule has 20 heavy (non-hydrogen) atoms. The maximum atomic E-state index is 12.3. The van der Waals surface area contributed by atoms with Crippen LogP contribution in [0.1, 0.15) is 51.4 Å². The molecule has 1 atom stereocenters. The second-order valence-electron chi connectivity index (χ2n) is 6.70. The van der Waals surface area contributed by atoms with Gasteiger partial charge in [-0.15, -0.1) is 0 Å². The van der Waals surface area contributed by atoms with E-state index in [0.29, 0.717) is 18.4 Å². The molecule has 1 unspecified atom stereocenters. The fraction of sp³-hybridized carbons (Fsp3) is 0.938. The van der Waals surface area contributed by atoms with Crippen molar-refractivity contribution in [2.24, 2.45) is 5.92 Å². The monoisotopic (exact) mass is 280 g/mol. The Balaban J connectivity index is 1.34. The van der Waals surface area contributed by atoms with Crippen molar-refractivity contribution in [2.75, 3.05) is 26.2 Å². The second-order valence-corrected chi connectivity index (χ2v) is 6.70. The summed E-state index contributed by atoms with van der Waals surface area (Å²) in [5, 5.41) is 3.66. The van der Waals surface area contributed by atoms with Gasteiger partial charge in [0.2, 0.25) is 5.91 Å². The molecule has 0 radical (unpaired) electrons. The summed E-state index contributed by atoms with van der Waals surface area (Å²) >= 11 is 0. The average Bonchev–Trinajstić information content (AvgIpc) is 3.31. The predicted molar refractivity (Wildman–Crippen MR) is 78.5 cm³/mol. The normalized spacial score (nSPS) is 28.6. The number of likely N-dealkylation sites (tertiary alicyclic amines) is 1.